The van der Waals surface area contributed by atoms with E-state index < -0.39 is 11.6 Å². The van der Waals surface area contributed by atoms with Gasteiger partial charge in [-0.3, -0.25) is 0 Å². The van der Waals surface area contributed by atoms with E-state index in [1.54, 1.807) is 0 Å². The van der Waals surface area contributed by atoms with Crippen LogP contribution < -0.4 is 11.1 Å². The van der Waals surface area contributed by atoms with Gasteiger partial charge < -0.3 is 15.8 Å². The highest BCUT2D eigenvalue weighted by molar-refractivity contribution is 7.18. The van der Waals surface area contributed by atoms with Crippen molar-refractivity contribution in [1.29, 1.82) is 0 Å². The number of carbonyl (C=O) groups excluding carboxylic acids is 1. The van der Waals surface area contributed by atoms with E-state index in [9.17, 15) is 4.79 Å². The zero-order valence-corrected chi connectivity index (χ0v) is 12.9. The second-order valence-electron chi connectivity index (χ2n) is 5.81. The number of nitrogens with zero attached hydrogens (tertiary/aromatic N) is 2. The molecule has 19 heavy (non-hydrogen) atoms. The Morgan fingerprint density at radius 2 is 2.05 bits per heavy atom. The number of nitrogens with two attached hydrogens (primary N) is 1. The monoisotopic (exact) mass is 286 g/mol. The molecule has 0 aliphatic carbocycles. The lowest BCUT2D eigenvalue weighted by Gasteiger charge is -2.25. The van der Waals surface area contributed by atoms with Crippen molar-refractivity contribution in [2.75, 3.05) is 11.1 Å². The van der Waals surface area contributed by atoms with Gasteiger partial charge in [-0.1, -0.05) is 25.2 Å². The quantitative estimate of drug-likeness (QED) is 0.807. The van der Waals surface area contributed by atoms with Crippen LogP contribution in [-0.2, 0) is 9.53 Å². The second kappa shape index (κ2) is 6.18. The van der Waals surface area contributed by atoms with Crippen LogP contribution in [0.4, 0.5) is 10.3 Å². The number of hydrogen-bond acceptors (Lipinski definition) is 7. The summed E-state index contributed by atoms with van der Waals surface area (Å²) in [6, 6.07) is -0.438. The minimum atomic E-state index is -0.506. The smallest absolute Gasteiger partial charge is 0.329 e. The highest BCUT2D eigenvalue weighted by atomic mass is 32.1. The Labute approximate surface area is 117 Å². The molecule has 1 rings (SSSR count). The molecule has 0 spiro atoms. The largest absolute Gasteiger partial charge is 0.458 e. The molecule has 0 saturated carbocycles. The Bertz CT molecular complexity index is 426. The van der Waals surface area contributed by atoms with Crippen LogP contribution in [-0.4, -0.2) is 27.8 Å². The number of hydrogen-bond donors (Lipinski definition) is 2. The summed E-state index contributed by atoms with van der Waals surface area (Å²) in [6.07, 6.45) is 0.661. The van der Waals surface area contributed by atoms with Gasteiger partial charge in [0.2, 0.25) is 10.3 Å². The van der Waals surface area contributed by atoms with Crippen molar-refractivity contribution in [3.05, 3.63) is 0 Å². The third-order valence-corrected chi connectivity index (χ3v) is 2.82. The van der Waals surface area contributed by atoms with Crippen LogP contribution in [0.5, 0.6) is 0 Å². The van der Waals surface area contributed by atoms with E-state index in [1.807, 2.05) is 34.6 Å². The first-order chi connectivity index (χ1) is 8.67. The molecular formula is C12H22N4O2S. The Balaban J connectivity index is 2.74. The maximum absolute atomic E-state index is 12.1. The van der Waals surface area contributed by atoms with Gasteiger partial charge in [-0.2, -0.15) is 0 Å². The van der Waals surface area contributed by atoms with Crippen LogP contribution in [0.25, 0.3) is 0 Å². The molecule has 1 atom stereocenters. The first kappa shape index (κ1) is 15.7. The van der Waals surface area contributed by atoms with Crippen LogP contribution in [0, 0.1) is 5.92 Å². The van der Waals surface area contributed by atoms with E-state index >= 15 is 0 Å². The number of esters is 1. The average Bonchev–Trinajstić information content (AvgIpc) is 2.59. The summed E-state index contributed by atoms with van der Waals surface area (Å²) in [6.45, 7) is 9.64. The molecule has 0 aliphatic rings. The number of anilines is 2. The van der Waals surface area contributed by atoms with E-state index in [0.717, 1.165) is 0 Å². The Hall–Kier alpha value is -1.37. The lowest BCUT2D eigenvalue weighted by Crippen LogP contribution is -2.37. The van der Waals surface area contributed by atoms with Crippen LogP contribution >= 0.6 is 11.3 Å². The van der Waals surface area contributed by atoms with E-state index in [1.165, 1.54) is 11.3 Å². The summed E-state index contributed by atoms with van der Waals surface area (Å²) in [5.74, 6) is 0.0743. The van der Waals surface area contributed by atoms with Crippen molar-refractivity contribution in [3.8, 4) is 0 Å². The minimum absolute atomic E-state index is 0.282. The van der Waals surface area contributed by atoms with Crippen molar-refractivity contribution in [3.63, 3.8) is 0 Å². The molecular weight excluding hydrogens is 264 g/mol. The maximum atomic E-state index is 12.1. The summed E-state index contributed by atoms with van der Waals surface area (Å²) in [5.41, 5.74) is 5.02. The van der Waals surface area contributed by atoms with Crippen LogP contribution in [0.15, 0.2) is 0 Å². The van der Waals surface area contributed by atoms with Gasteiger partial charge in [-0.15, -0.1) is 10.2 Å². The van der Waals surface area contributed by atoms with Gasteiger partial charge in [0.15, 0.2) is 0 Å². The number of carbonyl (C=O) groups is 1. The average molecular weight is 286 g/mol. The molecule has 3 N–H and O–H groups in total. The molecule has 0 saturated heterocycles. The van der Waals surface area contributed by atoms with Crippen molar-refractivity contribution < 1.29 is 9.53 Å². The molecule has 0 radical (unpaired) electrons. The van der Waals surface area contributed by atoms with Gasteiger partial charge in [0.1, 0.15) is 11.6 Å². The summed E-state index contributed by atoms with van der Waals surface area (Å²) in [4.78, 5) is 12.1. The van der Waals surface area contributed by atoms with Crippen LogP contribution in [0.1, 0.15) is 41.0 Å². The van der Waals surface area contributed by atoms with Gasteiger partial charge >= 0.3 is 5.97 Å². The van der Waals surface area contributed by atoms with E-state index in [4.69, 9.17) is 10.5 Å². The van der Waals surface area contributed by atoms with E-state index in [-0.39, 0.29) is 5.97 Å². The Kier molecular flexibility index (Phi) is 5.11. The summed E-state index contributed by atoms with van der Waals surface area (Å²) in [7, 11) is 0. The molecule has 7 heteroatoms. The molecule has 0 amide bonds. The van der Waals surface area contributed by atoms with E-state index in [2.05, 4.69) is 15.5 Å². The molecule has 1 heterocycles. The molecule has 108 valence electrons. The van der Waals surface area contributed by atoms with Crippen molar-refractivity contribution in [2.24, 2.45) is 5.92 Å². The first-order valence-corrected chi connectivity index (χ1v) is 7.07. The number of nitrogen functional groups attached to an aromatic ring is 1. The lowest BCUT2D eigenvalue weighted by molar-refractivity contribution is -0.156. The van der Waals surface area contributed by atoms with Gasteiger partial charge in [0.25, 0.3) is 0 Å². The predicted octanol–water partition coefficient (Wildman–Crippen LogP) is 2.29. The molecule has 0 fully saturated rings. The van der Waals surface area contributed by atoms with Crippen LogP contribution in [0.2, 0.25) is 0 Å². The first-order valence-electron chi connectivity index (χ1n) is 6.26. The van der Waals surface area contributed by atoms with Crippen LogP contribution in [0.3, 0.4) is 0 Å². The molecule has 0 aromatic carbocycles. The molecule has 1 aromatic rings. The zero-order valence-electron chi connectivity index (χ0n) is 12.1. The zero-order chi connectivity index (χ0) is 14.6. The van der Waals surface area contributed by atoms with Gasteiger partial charge in [-0.05, 0) is 33.1 Å². The van der Waals surface area contributed by atoms with Gasteiger partial charge in [0.05, 0.1) is 0 Å². The number of aromatic nitrogens is 2. The van der Waals surface area contributed by atoms with Crippen molar-refractivity contribution in [1.82, 2.24) is 10.2 Å². The number of ether oxygens (including phenoxy) is 1. The molecule has 6 nitrogen and oxygen atoms in total. The Morgan fingerprint density at radius 1 is 1.42 bits per heavy atom. The maximum Gasteiger partial charge on any atom is 0.329 e. The standard InChI is InChI=1S/C12H22N4O2S/c1-7(2)6-8(9(17)18-12(3,4)5)14-11-16-15-10(13)19-11/h7-8H,6H2,1-5H3,(H2,13,15)(H,14,16)/t8-/m0/s1. The summed E-state index contributed by atoms with van der Waals surface area (Å²) < 4.78 is 5.40. The van der Waals surface area contributed by atoms with E-state index in [0.29, 0.717) is 22.6 Å². The lowest BCUT2D eigenvalue weighted by atomic mass is 10.0. The topological polar surface area (TPSA) is 90.1 Å². The van der Waals surface area contributed by atoms with Gasteiger partial charge in [-0.25, -0.2) is 4.79 Å². The third kappa shape index (κ3) is 5.87. The molecule has 0 unspecified atom stereocenters. The molecule has 1 aromatic heterocycles. The SMILES string of the molecule is CC(C)C[C@H](Nc1nnc(N)s1)C(=O)OC(C)(C)C. The third-order valence-electron chi connectivity index (χ3n) is 2.14. The normalized spacial score (nSPS) is 13.4. The number of nitrogens with one attached hydrogen (secondary N) is 1. The highest BCUT2D eigenvalue weighted by Crippen LogP contribution is 2.21. The fourth-order valence-electron chi connectivity index (χ4n) is 1.50. The highest BCUT2D eigenvalue weighted by Gasteiger charge is 2.26. The van der Waals surface area contributed by atoms with Crippen molar-refractivity contribution >= 4 is 27.6 Å². The Morgan fingerprint density at radius 3 is 2.47 bits per heavy atom. The number of rotatable bonds is 5. The van der Waals surface area contributed by atoms with Gasteiger partial charge in [0, 0.05) is 0 Å². The predicted molar refractivity (Wildman–Crippen MR) is 77.0 cm³/mol. The summed E-state index contributed by atoms with van der Waals surface area (Å²) in [5, 5.41) is 11.5. The second-order valence-corrected chi connectivity index (χ2v) is 6.81. The molecule has 0 bridgehead atoms. The fraction of sp³-hybridized carbons (Fsp3) is 0.750. The molecule has 0 aliphatic heterocycles. The van der Waals surface area contributed by atoms with Crippen molar-refractivity contribution in [2.45, 2.75) is 52.7 Å². The summed E-state index contributed by atoms with van der Waals surface area (Å²) >= 11 is 1.22. The minimum Gasteiger partial charge on any atom is -0.458 e. The fourth-order valence-corrected chi connectivity index (χ4v) is 2.06.